The Bertz CT molecular complexity index is 346. The van der Waals surface area contributed by atoms with E-state index in [1.165, 1.54) is 12.8 Å². The number of hydrogen-bond acceptors (Lipinski definition) is 3. The molecule has 0 saturated heterocycles. The Morgan fingerprint density at radius 1 is 1.39 bits per heavy atom. The fourth-order valence-corrected chi connectivity index (χ4v) is 3.02. The normalized spacial score (nSPS) is 36.7. The Balaban J connectivity index is 1.99. The van der Waals surface area contributed by atoms with Gasteiger partial charge in [0.1, 0.15) is 0 Å². The van der Waals surface area contributed by atoms with E-state index in [1.807, 2.05) is 0 Å². The molecule has 1 saturated carbocycles. The molecule has 0 spiro atoms. The van der Waals surface area contributed by atoms with Crippen LogP contribution in [-0.4, -0.2) is 18.4 Å². The molecule has 1 aliphatic heterocycles. The Morgan fingerprint density at radius 2 is 2.11 bits per heavy atom. The van der Waals surface area contributed by atoms with Crippen molar-refractivity contribution in [3.63, 3.8) is 0 Å². The quantitative estimate of drug-likeness (QED) is 0.723. The highest BCUT2D eigenvalue weighted by molar-refractivity contribution is 5.89. The molecule has 3 nitrogen and oxygen atoms in total. The van der Waals surface area contributed by atoms with Crippen LogP contribution in [-0.2, 0) is 14.3 Å². The molecule has 1 heterocycles. The van der Waals surface area contributed by atoms with Gasteiger partial charge in [-0.3, -0.25) is 0 Å². The average molecular weight is 252 g/mol. The van der Waals surface area contributed by atoms with Crippen molar-refractivity contribution in [2.75, 3.05) is 0 Å². The molecule has 0 N–H and O–H groups in total. The lowest BCUT2D eigenvalue weighted by molar-refractivity contribution is -0.178. The first-order valence-corrected chi connectivity index (χ1v) is 7.02. The van der Waals surface area contributed by atoms with Gasteiger partial charge in [0.25, 0.3) is 0 Å². The van der Waals surface area contributed by atoms with E-state index >= 15 is 0 Å². The number of rotatable bonds is 3. The monoisotopic (exact) mass is 252 g/mol. The molecule has 0 amide bonds. The Kier molecular flexibility index (Phi) is 4.10. The van der Waals surface area contributed by atoms with Crippen LogP contribution in [0.1, 0.15) is 47.0 Å². The van der Waals surface area contributed by atoms with E-state index in [0.717, 1.165) is 6.42 Å². The average Bonchev–Trinajstić information content (AvgIpc) is 2.57. The second-order valence-electron chi connectivity index (χ2n) is 6.12. The van der Waals surface area contributed by atoms with Crippen molar-refractivity contribution in [1.82, 2.24) is 0 Å². The highest BCUT2D eigenvalue weighted by atomic mass is 16.7. The zero-order valence-corrected chi connectivity index (χ0v) is 11.8. The van der Waals surface area contributed by atoms with Gasteiger partial charge in [-0.1, -0.05) is 27.2 Å². The topological polar surface area (TPSA) is 35.5 Å². The second kappa shape index (κ2) is 5.43. The first kappa shape index (κ1) is 13.6. The van der Waals surface area contributed by atoms with E-state index < -0.39 is 6.29 Å². The van der Waals surface area contributed by atoms with Gasteiger partial charge in [-0.25, -0.2) is 4.79 Å². The SMILES string of the molecule is CC1=CC(O[C@@H]2C[C@H](C)CC[C@H]2C(C)C)OC1=O. The summed E-state index contributed by atoms with van der Waals surface area (Å²) >= 11 is 0. The molecule has 1 aliphatic carbocycles. The highest BCUT2D eigenvalue weighted by Gasteiger charge is 2.35. The van der Waals surface area contributed by atoms with Crippen molar-refractivity contribution >= 4 is 5.97 Å². The third-order valence-corrected chi connectivity index (χ3v) is 4.20. The molecule has 18 heavy (non-hydrogen) atoms. The molecule has 1 unspecified atom stereocenters. The van der Waals surface area contributed by atoms with Gasteiger partial charge in [0.05, 0.1) is 6.10 Å². The number of hydrogen-bond donors (Lipinski definition) is 0. The lowest BCUT2D eigenvalue weighted by Crippen LogP contribution is -2.36. The molecule has 0 aromatic carbocycles. The summed E-state index contributed by atoms with van der Waals surface area (Å²) in [6.45, 7) is 8.54. The lowest BCUT2D eigenvalue weighted by Gasteiger charge is -2.37. The van der Waals surface area contributed by atoms with E-state index in [-0.39, 0.29) is 12.1 Å². The first-order valence-electron chi connectivity index (χ1n) is 7.02. The van der Waals surface area contributed by atoms with Gasteiger partial charge in [0.15, 0.2) is 0 Å². The minimum Gasteiger partial charge on any atom is -0.429 e. The molecule has 0 aromatic heterocycles. The van der Waals surface area contributed by atoms with Crippen molar-refractivity contribution in [3.8, 4) is 0 Å². The van der Waals surface area contributed by atoms with Gasteiger partial charge < -0.3 is 9.47 Å². The molecular weight excluding hydrogens is 228 g/mol. The summed E-state index contributed by atoms with van der Waals surface area (Å²) in [6, 6.07) is 0. The van der Waals surface area contributed by atoms with E-state index in [1.54, 1.807) is 13.0 Å². The van der Waals surface area contributed by atoms with Crippen LogP contribution in [0.15, 0.2) is 11.6 Å². The van der Waals surface area contributed by atoms with Crippen LogP contribution in [0.5, 0.6) is 0 Å². The molecule has 102 valence electrons. The smallest absolute Gasteiger partial charge is 0.336 e. The molecule has 0 aromatic rings. The predicted octanol–water partition coefficient (Wildman–Crippen LogP) is 3.29. The Hall–Kier alpha value is -0.830. The third kappa shape index (κ3) is 2.94. The van der Waals surface area contributed by atoms with Gasteiger partial charge in [-0.2, -0.15) is 0 Å². The minimum absolute atomic E-state index is 0.216. The first-order chi connectivity index (χ1) is 8.47. The largest absolute Gasteiger partial charge is 0.429 e. The van der Waals surface area contributed by atoms with E-state index in [9.17, 15) is 4.79 Å². The van der Waals surface area contributed by atoms with Crippen molar-refractivity contribution in [3.05, 3.63) is 11.6 Å². The lowest BCUT2D eigenvalue weighted by atomic mass is 9.75. The van der Waals surface area contributed by atoms with E-state index in [4.69, 9.17) is 9.47 Å². The molecule has 4 atom stereocenters. The van der Waals surface area contributed by atoms with Crippen molar-refractivity contribution in [1.29, 1.82) is 0 Å². The van der Waals surface area contributed by atoms with Crippen LogP contribution in [0.3, 0.4) is 0 Å². The van der Waals surface area contributed by atoms with Gasteiger partial charge in [-0.15, -0.1) is 0 Å². The highest BCUT2D eigenvalue weighted by Crippen LogP contribution is 2.36. The molecule has 2 rings (SSSR count). The van der Waals surface area contributed by atoms with Crippen molar-refractivity contribution < 1.29 is 14.3 Å². The molecule has 1 fully saturated rings. The summed E-state index contributed by atoms with van der Waals surface area (Å²) < 4.78 is 11.2. The molecule has 3 heteroatoms. The van der Waals surface area contributed by atoms with E-state index in [2.05, 4.69) is 20.8 Å². The Labute approximate surface area is 110 Å². The van der Waals surface area contributed by atoms with Crippen LogP contribution in [0.4, 0.5) is 0 Å². The summed E-state index contributed by atoms with van der Waals surface area (Å²) in [7, 11) is 0. The van der Waals surface area contributed by atoms with Crippen LogP contribution in [0, 0.1) is 17.8 Å². The fraction of sp³-hybridized carbons (Fsp3) is 0.800. The molecular formula is C15H24O3. The van der Waals surface area contributed by atoms with Crippen LogP contribution in [0.25, 0.3) is 0 Å². The second-order valence-corrected chi connectivity index (χ2v) is 6.12. The van der Waals surface area contributed by atoms with Crippen LogP contribution >= 0.6 is 0 Å². The third-order valence-electron chi connectivity index (χ3n) is 4.20. The predicted molar refractivity (Wildman–Crippen MR) is 69.9 cm³/mol. The zero-order valence-electron chi connectivity index (χ0n) is 11.8. The maximum Gasteiger partial charge on any atom is 0.336 e. The van der Waals surface area contributed by atoms with Crippen LogP contribution < -0.4 is 0 Å². The van der Waals surface area contributed by atoms with Gasteiger partial charge >= 0.3 is 5.97 Å². The van der Waals surface area contributed by atoms with E-state index in [0.29, 0.717) is 23.3 Å². The maximum absolute atomic E-state index is 11.3. The summed E-state index contributed by atoms with van der Waals surface area (Å²) in [5.74, 6) is 1.65. The van der Waals surface area contributed by atoms with Gasteiger partial charge in [0, 0.05) is 5.57 Å². The summed E-state index contributed by atoms with van der Waals surface area (Å²) in [6.07, 6.45) is 5.11. The number of cyclic esters (lactones) is 1. The number of carbonyl (C=O) groups is 1. The summed E-state index contributed by atoms with van der Waals surface area (Å²) in [5, 5.41) is 0. The van der Waals surface area contributed by atoms with Crippen molar-refractivity contribution in [2.24, 2.45) is 17.8 Å². The Morgan fingerprint density at radius 3 is 2.67 bits per heavy atom. The van der Waals surface area contributed by atoms with Crippen molar-refractivity contribution in [2.45, 2.75) is 59.4 Å². The summed E-state index contributed by atoms with van der Waals surface area (Å²) in [5.41, 5.74) is 0.657. The molecule has 0 bridgehead atoms. The summed E-state index contributed by atoms with van der Waals surface area (Å²) in [4.78, 5) is 11.3. The molecule has 2 aliphatic rings. The number of carbonyl (C=O) groups excluding carboxylic acids is 1. The minimum atomic E-state index is -0.464. The number of ether oxygens (including phenoxy) is 2. The molecule has 0 radical (unpaired) electrons. The maximum atomic E-state index is 11.3. The standard InChI is InChI=1S/C15H24O3/c1-9(2)12-6-5-10(3)7-13(12)17-14-8-11(4)15(16)18-14/h8-10,12-14H,5-7H2,1-4H3/t10-,12+,13-,14?/m1/s1. The fourth-order valence-electron chi connectivity index (χ4n) is 3.02. The zero-order chi connectivity index (χ0) is 13.3. The van der Waals surface area contributed by atoms with Gasteiger partial charge in [0.2, 0.25) is 6.29 Å². The van der Waals surface area contributed by atoms with Crippen LogP contribution in [0.2, 0.25) is 0 Å². The van der Waals surface area contributed by atoms with Gasteiger partial charge in [-0.05, 0) is 43.6 Å². The number of esters is 1.